The summed E-state index contributed by atoms with van der Waals surface area (Å²) in [5.74, 6) is 0.570. The number of hydrogen-bond donors (Lipinski definition) is 1. The van der Waals surface area contributed by atoms with Gasteiger partial charge in [-0.05, 0) is 62.0 Å². The van der Waals surface area contributed by atoms with Crippen molar-refractivity contribution in [3.05, 3.63) is 46.9 Å². The second-order valence-corrected chi connectivity index (χ2v) is 8.56. The van der Waals surface area contributed by atoms with Crippen LogP contribution in [0.2, 0.25) is 10.0 Å². The van der Waals surface area contributed by atoms with Crippen LogP contribution in [0.25, 0.3) is 0 Å². The van der Waals surface area contributed by atoms with Crippen LogP contribution >= 0.6 is 66.4 Å². The fourth-order valence-corrected chi connectivity index (χ4v) is 5.21. The van der Waals surface area contributed by atoms with Crippen LogP contribution in [-0.2, 0) is 0 Å². The third kappa shape index (κ3) is 3.51. The van der Waals surface area contributed by atoms with Crippen LogP contribution in [0.1, 0.15) is 24.1 Å². The van der Waals surface area contributed by atoms with E-state index in [9.17, 15) is 0 Å². The van der Waals surface area contributed by atoms with Crippen molar-refractivity contribution in [2.24, 2.45) is 5.73 Å². The van der Waals surface area contributed by atoms with Gasteiger partial charge in [-0.1, -0.05) is 23.2 Å². The number of halogens is 4. The van der Waals surface area contributed by atoms with E-state index in [2.05, 4.69) is 31.9 Å². The van der Waals surface area contributed by atoms with Gasteiger partial charge >= 0.3 is 0 Å². The molecule has 2 aromatic rings. The molecule has 1 atom stereocenters. The molecule has 1 aromatic heterocycles. The van der Waals surface area contributed by atoms with Crippen LogP contribution in [0.4, 0.5) is 0 Å². The van der Waals surface area contributed by atoms with Crippen molar-refractivity contribution in [1.82, 2.24) is 0 Å². The molecule has 1 heterocycles. The highest BCUT2D eigenvalue weighted by Gasteiger charge is 2.19. The predicted molar refractivity (Wildman–Crippen MR) is 93.4 cm³/mol. The van der Waals surface area contributed by atoms with E-state index in [1.54, 1.807) is 23.5 Å². The Labute approximate surface area is 148 Å². The van der Waals surface area contributed by atoms with Gasteiger partial charge in [0.2, 0.25) is 0 Å². The van der Waals surface area contributed by atoms with Gasteiger partial charge < -0.3 is 10.5 Å². The van der Waals surface area contributed by atoms with Gasteiger partial charge in [-0.3, -0.25) is 0 Å². The maximum absolute atomic E-state index is 6.30. The molecule has 0 aliphatic heterocycles. The van der Waals surface area contributed by atoms with E-state index in [-0.39, 0.29) is 6.04 Å². The first-order chi connectivity index (χ1) is 9.43. The largest absolute Gasteiger partial charge is 0.492 e. The summed E-state index contributed by atoms with van der Waals surface area (Å²) >= 11 is 21.0. The van der Waals surface area contributed by atoms with Crippen LogP contribution in [-0.4, -0.2) is 6.61 Å². The quantitative estimate of drug-likeness (QED) is 0.606. The molecule has 108 valence electrons. The zero-order valence-electron chi connectivity index (χ0n) is 10.4. The Balaban J connectivity index is 2.42. The zero-order chi connectivity index (χ0) is 14.9. The minimum Gasteiger partial charge on any atom is -0.492 e. The lowest BCUT2D eigenvalue weighted by Gasteiger charge is -2.16. The molecule has 2 rings (SSSR count). The first-order valence-corrected chi connectivity index (χ1v) is 8.92. The smallest absolute Gasteiger partial charge is 0.139 e. The molecule has 1 unspecified atom stereocenters. The summed E-state index contributed by atoms with van der Waals surface area (Å²) in [4.78, 5) is 0. The number of benzene rings is 1. The maximum atomic E-state index is 6.30. The normalized spacial score (nSPS) is 12.5. The van der Waals surface area contributed by atoms with Gasteiger partial charge in [-0.15, -0.1) is 11.3 Å². The highest BCUT2D eigenvalue weighted by atomic mass is 79.9. The second-order valence-electron chi connectivity index (χ2n) is 3.99. The van der Waals surface area contributed by atoms with Crippen molar-refractivity contribution in [3.8, 4) is 5.75 Å². The van der Waals surface area contributed by atoms with E-state index in [0.717, 1.165) is 18.7 Å². The van der Waals surface area contributed by atoms with E-state index in [4.69, 9.17) is 33.7 Å². The molecular formula is C13H11Br2Cl2NOS. The Morgan fingerprint density at radius 1 is 1.20 bits per heavy atom. The molecule has 0 aliphatic carbocycles. The third-order valence-electron chi connectivity index (χ3n) is 2.70. The van der Waals surface area contributed by atoms with Crippen LogP contribution < -0.4 is 10.5 Å². The number of thiophene rings is 1. The van der Waals surface area contributed by atoms with Gasteiger partial charge in [0, 0.05) is 11.1 Å². The van der Waals surface area contributed by atoms with Crippen molar-refractivity contribution in [1.29, 1.82) is 0 Å². The summed E-state index contributed by atoms with van der Waals surface area (Å²) in [6.45, 7) is 2.42. The minimum atomic E-state index is -0.354. The highest BCUT2D eigenvalue weighted by Crippen LogP contribution is 2.40. The van der Waals surface area contributed by atoms with E-state index >= 15 is 0 Å². The van der Waals surface area contributed by atoms with Gasteiger partial charge in [-0.25, -0.2) is 0 Å². The molecule has 0 amide bonds. The number of nitrogens with two attached hydrogens (primary N) is 1. The first-order valence-electron chi connectivity index (χ1n) is 5.76. The van der Waals surface area contributed by atoms with Crippen molar-refractivity contribution in [2.75, 3.05) is 6.61 Å². The van der Waals surface area contributed by atoms with Crippen LogP contribution in [0.3, 0.4) is 0 Å². The van der Waals surface area contributed by atoms with Crippen molar-refractivity contribution in [3.63, 3.8) is 0 Å². The summed E-state index contributed by atoms with van der Waals surface area (Å²) in [5.41, 5.74) is 8.03. The van der Waals surface area contributed by atoms with Crippen LogP contribution in [0, 0.1) is 0 Å². The Morgan fingerprint density at radius 3 is 2.45 bits per heavy atom. The highest BCUT2D eigenvalue weighted by molar-refractivity contribution is 9.12. The summed E-state index contributed by atoms with van der Waals surface area (Å²) in [5, 5.41) is 1.05. The third-order valence-corrected chi connectivity index (χ3v) is 5.71. The van der Waals surface area contributed by atoms with Gasteiger partial charge in [0.15, 0.2) is 0 Å². The lowest BCUT2D eigenvalue weighted by molar-refractivity contribution is 0.340. The van der Waals surface area contributed by atoms with Gasteiger partial charge in [0.1, 0.15) is 5.75 Å². The number of rotatable bonds is 4. The van der Waals surface area contributed by atoms with Crippen LogP contribution in [0.15, 0.2) is 25.8 Å². The zero-order valence-corrected chi connectivity index (χ0v) is 15.9. The molecule has 20 heavy (non-hydrogen) atoms. The number of hydrogen-bond acceptors (Lipinski definition) is 3. The molecule has 7 heteroatoms. The molecule has 0 saturated heterocycles. The molecular weight excluding hydrogens is 449 g/mol. The minimum absolute atomic E-state index is 0.354. The van der Waals surface area contributed by atoms with Gasteiger partial charge in [0.25, 0.3) is 0 Å². The second kappa shape index (κ2) is 6.99. The fourth-order valence-electron chi connectivity index (χ4n) is 1.78. The topological polar surface area (TPSA) is 35.2 Å². The molecule has 2 N–H and O–H groups in total. The van der Waals surface area contributed by atoms with Gasteiger partial charge in [-0.2, -0.15) is 0 Å². The van der Waals surface area contributed by atoms with E-state index in [1.807, 2.05) is 13.0 Å². The Morgan fingerprint density at radius 2 is 1.90 bits per heavy atom. The van der Waals surface area contributed by atoms with E-state index in [0.29, 0.717) is 22.4 Å². The summed E-state index contributed by atoms with van der Waals surface area (Å²) in [6.07, 6.45) is 0. The molecule has 0 bridgehead atoms. The monoisotopic (exact) mass is 457 g/mol. The Kier molecular flexibility index (Phi) is 5.79. The molecule has 0 spiro atoms. The molecule has 0 radical (unpaired) electrons. The van der Waals surface area contributed by atoms with Crippen molar-refractivity contribution < 1.29 is 4.74 Å². The summed E-state index contributed by atoms with van der Waals surface area (Å²) < 4.78 is 7.39. The lowest BCUT2D eigenvalue weighted by atomic mass is 10.0. The van der Waals surface area contributed by atoms with E-state index < -0.39 is 0 Å². The maximum Gasteiger partial charge on any atom is 0.139 e. The SMILES string of the molecule is CCOc1cc(Cl)c(C(N)c2cc(Br)sc2Br)cc1Cl. The average Bonchev–Trinajstić information content (AvgIpc) is 2.72. The summed E-state index contributed by atoms with van der Waals surface area (Å²) in [6, 6.07) is 5.09. The van der Waals surface area contributed by atoms with E-state index in [1.165, 1.54) is 0 Å². The average molecular weight is 460 g/mol. The molecule has 2 nitrogen and oxygen atoms in total. The molecule has 0 saturated carbocycles. The Bertz CT molecular complexity index is 633. The molecule has 1 aromatic carbocycles. The van der Waals surface area contributed by atoms with Gasteiger partial charge in [0.05, 0.1) is 25.2 Å². The molecule has 0 aliphatic rings. The van der Waals surface area contributed by atoms with Crippen LogP contribution in [0.5, 0.6) is 5.75 Å². The van der Waals surface area contributed by atoms with Crippen molar-refractivity contribution >= 4 is 66.4 Å². The van der Waals surface area contributed by atoms with Crippen molar-refractivity contribution in [2.45, 2.75) is 13.0 Å². The summed E-state index contributed by atoms with van der Waals surface area (Å²) in [7, 11) is 0. The number of ether oxygens (including phenoxy) is 1. The Hall–Kier alpha value is 0.220. The first kappa shape index (κ1) is 16.6. The standard InChI is InChI=1S/C13H11Br2Cl2NOS/c1-2-19-10-5-8(16)6(3-9(10)17)12(18)7-4-11(14)20-13(7)15/h3-5,12H,2,18H2,1H3. The fraction of sp³-hybridized carbons (Fsp3) is 0.231. The lowest BCUT2D eigenvalue weighted by Crippen LogP contribution is -2.12. The molecule has 0 fully saturated rings. The predicted octanol–water partition coefficient (Wildman–Crippen LogP) is 6.03.